The van der Waals surface area contributed by atoms with Crippen LogP contribution in [0.5, 0.6) is 0 Å². The number of benzene rings is 1. The molecule has 0 amide bonds. The summed E-state index contributed by atoms with van der Waals surface area (Å²) in [7, 11) is -3.91. The lowest BCUT2D eigenvalue weighted by atomic mass is 9.99. The van der Waals surface area contributed by atoms with E-state index >= 15 is 0 Å². The van der Waals surface area contributed by atoms with Gasteiger partial charge in [0.15, 0.2) is 27.3 Å². The monoisotopic (exact) mass is 274 g/mol. The molecule has 1 aliphatic rings. The second-order valence-electron chi connectivity index (χ2n) is 4.32. The average molecular weight is 274 g/mol. The second-order valence-corrected chi connectivity index (χ2v) is 6.45. The van der Waals surface area contributed by atoms with E-state index < -0.39 is 26.7 Å². The Bertz CT molecular complexity index is 581. The Morgan fingerprint density at radius 1 is 1.11 bits per heavy atom. The molecule has 0 spiro atoms. The summed E-state index contributed by atoms with van der Waals surface area (Å²) in [6.07, 6.45) is 1.82. The number of ketones is 1. The lowest BCUT2D eigenvalue weighted by Gasteiger charge is -2.20. The summed E-state index contributed by atoms with van der Waals surface area (Å²) in [5.41, 5.74) is 0. The molecule has 0 aliphatic heterocycles. The van der Waals surface area contributed by atoms with Gasteiger partial charge in [-0.15, -0.1) is 0 Å². The molecule has 0 aromatic heterocycles. The summed E-state index contributed by atoms with van der Waals surface area (Å²) in [6.45, 7) is 0. The second kappa shape index (κ2) is 4.76. The third kappa shape index (κ3) is 2.29. The van der Waals surface area contributed by atoms with E-state index in [0.717, 1.165) is 12.1 Å². The zero-order valence-corrected chi connectivity index (χ0v) is 10.3. The number of carbonyl (C=O) groups is 1. The molecule has 6 heteroatoms. The highest BCUT2D eigenvalue weighted by molar-refractivity contribution is 7.92. The van der Waals surface area contributed by atoms with Crippen LogP contribution in [-0.2, 0) is 14.6 Å². The van der Waals surface area contributed by atoms with Gasteiger partial charge in [-0.2, -0.15) is 0 Å². The largest absolute Gasteiger partial charge is 0.298 e. The Labute approximate surface area is 104 Å². The minimum atomic E-state index is -3.91. The van der Waals surface area contributed by atoms with Gasteiger partial charge >= 0.3 is 0 Å². The van der Waals surface area contributed by atoms with Gasteiger partial charge in [-0.25, -0.2) is 17.2 Å². The zero-order chi connectivity index (χ0) is 13.3. The normalized spacial score (nSPS) is 21.0. The van der Waals surface area contributed by atoms with Crippen molar-refractivity contribution in [3.63, 3.8) is 0 Å². The van der Waals surface area contributed by atoms with Crippen molar-refractivity contribution >= 4 is 15.6 Å². The first-order valence-electron chi connectivity index (χ1n) is 5.64. The van der Waals surface area contributed by atoms with Crippen molar-refractivity contribution in [2.75, 3.05) is 0 Å². The van der Waals surface area contributed by atoms with Crippen molar-refractivity contribution in [1.82, 2.24) is 0 Å². The highest BCUT2D eigenvalue weighted by Gasteiger charge is 2.35. The SMILES string of the molecule is O=C1CCCCC1S(=O)(=O)c1ccc(F)c(F)c1. The van der Waals surface area contributed by atoms with Crippen molar-refractivity contribution in [3.8, 4) is 0 Å². The van der Waals surface area contributed by atoms with Crippen molar-refractivity contribution in [1.29, 1.82) is 0 Å². The molecular weight excluding hydrogens is 262 g/mol. The quantitative estimate of drug-likeness (QED) is 0.777. The van der Waals surface area contributed by atoms with Crippen LogP contribution >= 0.6 is 0 Å². The van der Waals surface area contributed by atoms with Gasteiger partial charge in [0.25, 0.3) is 0 Å². The third-order valence-electron chi connectivity index (χ3n) is 3.09. The van der Waals surface area contributed by atoms with Crippen LogP contribution in [0.1, 0.15) is 25.7 Å². The maximum atomic E-state index is 13.0. The number of hydrogen-bond donors (Lipinski definition) is 0. The zero-order valence-electron chi connectivity index (χ0n) is 9.53. The van der Waals surface area contributed by atoms with Crippen LogP contribution in [0.3, 0.4) is 0 Å². The van der Waals surface area contributed by atoms with E-state index in [4.69, 9.17) is 0 Å². The third-order valence-corrected chi connectivity index (χ3v) is 5.25. The van der Waals surface area contributed by atoms with Gasteiger partial charge in [0.1, 0.15) is 5.25 Å². The molecule has 0 saturated heterocycles. The maximum Gasteiger partial charge on any atom is 0.188 e. The minimum Gasteiger partial charge on any atom is -0.298 e. The highest BCUT2D eigenvalue weighted by atomic mass is 32.2. The highest BCUT2D eigenvalue weighted by Crippen LogP contribution is 2.27. The van der Waals surface area contributed by atoms with Crippen LogP contribution in [0.25, 0.3) is 0 Å². The summed E-state index contributed by atoms with van der Waals surface area (Å²) in [5.74, 6) is -2.67. The Morgan fingerprint density at radius 3 is 2.44 bits per heavy atom. The predicted octanol–water partition coefficient (Wildman–Crippen LogP) is 2.25. The molecule has 0 heterocycles. The Morgan fingerprint density at radius 2 is 1.83 bits per heavy atom. The van der Waals surface area contributed by atoms with E-state index in [1.807, 2.05) is 0 Å². The fourth-order valence-electron chi connectivity index (χ4n) is 2.10. The fourth-order valence-corrected chi connectivity index (χ4v) is 3.89. The Balaban J connectivity index is 2.41. The maximum absolute atomic E-state index is 13.0. The van der Waals surface area contributed by atoms with Crippen molar-refractivity contribution in [2.45, 2.75) is 35.8 Å². The molecule has 18 heavy (non-hydrogen) atoms. The van der Waals surface area contributed by atoms with Gasteiger partial charge in [-0.1, -0.05) is 6.42 Å². The number of halogens is 2. The summed E-state index contributed by atoms with van der Waals surface area (Å²) >= 11 is 0. The van der Waals surface area contributed by atoms with Crippen LogP contribution < -0.4 is 0 Å². The summed E-state index contributed by atoms with van der Waals surface area (Å²) < 4.78 is 50.1. The molecular formula is C12H12F2O3S. The van der Waals surface area contributed by atoms with Crippen LogP contribution in [0.15, 0.2) is 23.1 Å². The topological polar surface area (TPSA) is 51.2 Å². The molecule has 2 rings (SSSR count). The number of sulfone groups is 1. The van der Waals surface area contributed by atoms with E-state index in [2.05, 4.69) is 0 Å². The number of hydrogen-bond acceptors (Lipinski definition) is 3. The van der Waals surface area contributed by atoms with Crippen LogP contribution in [0.4, 0.5) is 8.78 Å². The van der Waals surface area contributed by atoms with Gasteiger partial charge < -0.3 is 0 Å². The molecule has 1 aromatic carbocycles. The molecule has 1 saturated carbocycles. The fraction of sp³-hybridized carbons (Fsp3) is 0.417. The molecule has 0 bridgehead atoms. The van der Waals surface area contributed by atoms with Crippen molar-refractivity contribution in [3.05, 3.63) is 29.8 Å². The van der Waals surface area contributed by atoms with Gasteiger partial charge in [0.2, 0.25) is 0 Å². The van der Waals surface area contributed by atoms with Gasteiger partial charge in [-0.05, 0) is 31.0 Å². The van der Waals surface area contributed by atoms with Gasteiger partial charge in [0.05, 0.1) is 4.90 Å². The molecule has 1 aliphatic carbocycles. The molecule has 3 nitrogen and oxygen atoms in total. The van der Waals surface area contributed by atoms with Crippen LogP contribution in [0.2, 0.25) is 0 Å². The molecule has 0 radical (unpaired) electrons. The van der Waals surface area contributed by atoms with Crippen LogP contribution in [0, 0.1) is 11.6 Å². The first-order valence-corrected chi connectivity index (χ1v) is 7.19. The predicted molar refractivity (Wildman–Crippen MR) is 60.8 cm³/mol. The minimum absolute atomic E-state index is 0.230. The first-order chi connectivity index (χ1) is 8.43. The average Bonchev–Trinajstić information content (AvgIpc) is 2.33. The molecule has 1 aromatic rings. The van der Waals surface area contributed by atoms with E-state index in [9.17, 15) is 22.0 Å². The summed E-state index contributed by atoms with van der Waals surface area (Å²) in [6, 6.07) is 2.39. The summed E-state index contributed by atoms with van der Waals surface area (Å²) in [4.78, 5) is 11.3. The van der Waals surface area contributed by atoms with E-state index in [0.29, 0.717) is 18.9 Å². The molecule has 0 N–H and O–H groups in total. The van der Waals surface area contributed by atoms with E-state index in [-0.39, 0.29) is 23.5 Å². The van der Waals surface area contributed by atoms with Gasteiger partial charge in [-0.3, -0.25) is 4.79 Å². The first kappa shape index (κ1) is 13.1. The smallest absolute Gasteiger partial charge is 0.188 e. The lowest BCUT2D eigenvalue weighted by molar-refractivity contribution is -0.119. The Hall–Kier alpha value is -1.30. The van der Waals surface area contributed by atoms with E-state index in [1.165, 1.54) is 0 Å². The van der Waals surface area contributed by atoms with Gasteiger partial charge in [0, 0.05) is 6.42 Å². The molecule has 1 atom stereocenters. The molecule has 1 fully saturated rings. The number of Topliss-reactive ketones (excluding diaryl/α,β-unsaturated/α-hetero) is 1. The summed E-state index contributed by atoms with van der Waals surface area (Å²) in [5, 5.41) is -1.11. The molecule has 98 valence electrons. The number of rotatable bonds is 2. The van der Waals surface area contributed by atoms with Crippen molar-refractivity contribution < 1.29 is 22.0 Å². The van der Waals surface area contributed by atoms with Crippen LogP contribution in [-0.4, -0.2) is 19.5 Å². The lowest BCUT2D eigenvalue weighted by Crippen LogP contribution is -2.33. The number of carbonyl (C=O) groups excluding carboxylic acids is 1. The molecule has 1 unspecified atom stereocenters. The van der Waals surface area contributed by atoms with E-state index in [1.54, 1.807) is 0 Å². The van der Waals surface area contributed by atoms with Crippen molar-refractivity contribution in [2.24, 2.45) is 0 Å². The Kier molecular flexibility index (Phi) is 3.47. The standard InChI is InChI=1S/C12H12F2O3S/c13-9-6-5-8(7-10(9)14)18(16,17)12-4-2-1-3-11(12)15/h5-7,12H,1-4H2.